The Labute approximate surface area is 139 Å². The van der Waals surface area contributed by atoms with Gasteiger partial charge in [0, 0.05) is 4.88 Å². The first-order valence-corrected chi connectivity index (χ1v) is 8.54. The summed E-state index contributed by atoms with van der Waals surface area (Å²) in [7, 11) is 0. The number of nitrogens with one attached hydrogen (secondary N) is 2. The molecule has 1 amide bonds. The van der Waals surface area contributed by atoms with Gasteiger partial charge in [-0.25, -0.2) is 4.79 Å². The number of carbonyl (C=O) groups excluding carboxylic acids is 2. The maximum atomic E-state index is 12.3. The van der Waals surface area contributed by atoms with E-state index in [4.69, 9.17) is 4.74 Å². The van der Waals surface area contributed by atoms with Gasteiger partial charge >= 0.3 is 5.97 Å². The second-order valence-corrected chi connectivity index (χ2v) is 6.79. The standard InChI is InChI=1S/C14H14BrN3O3S/c1-2-21-14(20)10-7-4-3-5-9(7)22-13(10)17-12(19)11-8(15)6-16-18-11/h6H,2-5H2,1H3,(H,16,18)(H,17,19). The number of anilines is 1. The molecule has 1 aliphatic rings. The minimum atomic E-state index is -0.374. The van der Waals surface area contributed by atoms with E-state index in [1.807, 2.05) is 0 Å². The van der Waals surface area contributed by atoms with Gasteiger partial charge < -0.3 is 10.1 Å². The molecule has 0 fully saturated rings. The Morgan fingerprint density at radius 3 is 3.00 bits per heavy atom. The molecule has 0 aliphatic heterocycles. The van der Waals surface area contributed by atoms with Gasteiger partial charge in [-0.05, 0) is 47.7 Å². The van der Waals surface area contributed by atoms with Crippen LogP contribution in [0.2, 0.25) is 0 Å². The fraction of sp³-hybridized carbons (Fsp3) is 0.357. The van der Waals surface area contributed by atoms with Crippen molar-refractivity contribution in [1.29, 1.82) is 0 Å². The molecular weight excluding hydrogens is 370 g/mol. The minimum Gasteiger partial charge on any atom is -0.462 e. The third kappa shape index (κ3) is 2.68. The molecule has 0 saturated heterocycles. The summed E-state index contributed by atoms with van der Waals surface area (Å²) in [5.41, 5.74) is 1.84. The van der Waals surface area contributed by atoms with Crippen molar-refractivity contribution in [2.75, 3.05) is 11.9 Å². The highest BCUT2D eigenvalue weighted by atomic mass is 79.9. The molecule has 0 spiro atoms. The Hall–Kier alpha value is -1.67. The van der Waals surface area contributed by atoms with Crippen molar-refractivity contribution < 1.29 is 14.3 Å². The summed E-state index contributed by atoms with van der Waals surface area (Å²) in [6.07, 6.45) is 4.34. The molecule has 0 radical (unpaired) electrons. The molecule has 0 atom stereocenters. The van der Waals surface area contributed by atoms with Gasteiger partial charge in [-0.3, -0.25) is 9.89 Å². The van der Waals surface area contributed by atoms with Crippen LogP contribution in [-0.4, -0.2) is 28.7 Å². The van der Waals surface area contributed by atoms with Crippen molar-refractivity contribution in [1.82, 2.24) is 10.2 Å². The molecule has 2 N–H and O–H groups in total. The quantitative estimate of drug-likeness (QED) is 0.794. The number of H-pyrrole nitrogens is 1. The molecule has 0 unspecified atom stereocenters. The van der Waals surface area contributed by atoms with Crippen LogP contribution in [0.1, 0.15) is 44.6 Å². The third-order valence-electron chi connectivity index (χ3n) is 3.45. The molecule has 116 valence electrons. The number of amides is 1. The number of thiophene rings is 1. The van der Waals surface area contributed by atoms with Gasteiger partial charge in [0.05, 0.1) is 22.8 Å². The van der Waals surface area contributed by atoms with Gasteiger partial charge in [0.1, 0.15) is 10.7 Å². The number of esters is 1. The van der Waals surface area contributed by atoms with E-state index in [2.05, 4.69) is 31.4 Å². The molecule has 3 rings (SSSR count). The Balaban J connectivity index is 1.92. The molecule has 0 saturated carbocycles. The van der Waals surface area contributed by atoms with Gasteiger partial charge in [-0.15, -0.1) is 11.3 Å². The molecule has 2 heterocycles. The number of halogens is 1. The van der Waals surface area contributed by atoms with E-state index in [0.717, 1.165) is 29.7 Å². The van der Waals surface area contributed by atoms with Crippen molar-refractivity contribution in [3.05, 3.63) is 32.4 Å². The highest BCUT2D eigenvalue weighted by molar-refractivity contribution is 9.10. The smallest absolute Gasteiger partial charge is 0.341 e. The van der Waals surface area contributed by atoms with Gasteiger partial charge in [0.25, 0.3) is 5.91 Å². The average molecular weight is 384 g/mol. The molecular formula is C14H14BrN3O3S. The molecule has 8 heteroatoms. The van der Waals surface area contributed by atoms with Crippen molar-refractivity contribution in [2.24, 2.45) is 0 Å². The van der Waals surface area contributed by atoms with Gasteiger partial charge in [0.2, 0.25) is 0 Å². The maximum Gasteiger partial charge on any atom is 0.341 e. The lowest BCUT2D eigenvalue weighted by atomic mass is 10.1. The molecule has 2 aromatic heterocycles. The lowest BCUT2D eigenvalue weighted by Gasteiger charge is -2.07. The molecule has 1 aliphatic carbocycles. The van der Waals surface area contributed by atoms with E-state index in [-0.39, 0.29) is 11.9 Å². The first kappa shape index (κ1) is 15.2. The highest BCUT2D eigenvalue weighted by Crippen LogP contribution is 2.39. The number of nitrogens with zero attached hydrogens (tertiary/aromatic N) is 1. The lowest BCUT2D eigenvalue weighted by Crippen LogP contribution is -2.16. The van der Waals surface area contributed by atoms with E-state index >= 15 is 0 Å². The molecule has 0 bridgehead atoms. The maximum absolute atomic E-state index is 12.3. The second-order valence-electron chi connectivity index (χ2n) is 4.83. The normalized spacial score (nSPS) is 13.0. The Morgan fingerprint density at radius 2 is 2.32 bits per heavy atom. The zero-order valence-corrected chi connectivity index (χ0v) is 14.3. The van der Waals surface area contributed by atoms with E-state index in [1.165, 1.54) is 17.5 Å². The van der Waals surface area contributed by atoms with Crippen molar-refractivity contribution >= 4 is 44.1 Å². The van der Waals surface area contributed by atoms with Crippen LogP contribution in [0.3, 0.4) is 0 Å². The van der Waals surface area contributed by atoms with Crippen LogP contribution in [0.25, 0.3) is 0 Å². The molecule has 6 nitrogen and oxygen atoms in total. The van der Waals surface area contributed by atoms with E-state index in [1.54, 1.807) is 6.92 Å². The summed E-state index contributed by atoms with van der Waals surface area (Å²) < 4.78 is 5.71. The van der Waals surface area contributed by atoms with Crippen LogP contribution in [0.4, 0.5) is 5.00 Å². The number of aromatic nitrogens is 2. The monoisotopic (exact) mass is 383 g/mol. The first-order valence-electron chi connectivity index (χ1n) is 6.93. The number of fused-ring (bicyclic) bond motifs is 1. The first-order chi connectivity index (χ1) is 10.6. The Bertz CT molecular complexity index is 738. The highest BCUT2D eigenvalue weighted by Gasteiger charge is 2.28. The second kappa shape index (κ2) is 6.21. The van der Waals surface area contributed by atoms with Crippen LogP contribution in [0, 0.1) is 0 Å². The predicted molar refractivity (Wildman–Crippen MR) is 86.5 cm³/mol. The number of aryl methyl sites for hydroxylation is 1. The Morgan fingerprint density at radius 1 is 1.50 bits per heavy atom. The van der Waals surface area contributed by atoms with Crippen LogP contribution < -0.4 is 5.32 Å². The van der Waals surface area contributed by atoms with Crippen molar-refractivity contribution in [3.8, 4) is 0 Å². The van der Waals surface area contributed by atoms with Gasteiger partial charge in [0.15, 0.2) is 0 Å². The zero-order chi connectivity index (χ0) is 15.7. The lowest BCUT2D eigenvalue weighted by molar-refractivity contribution is 0.0527. The predicted octanol–water partition coefficient (Wildman–Crippen LogP) is 3.15. The van der Waals surface area contributed by atoms with Crippen LogP contribution >= 0.6 is 27.3 Å². The number of rotatable bonds is 4. The third-order valence-corrected chi connectivity index (χ3v) is 5.26. The number of ether oxygens (including phenoxy) is 1. The van der Waals surface area contributed by atoms with E-state index in [9.17, 15) is 9.59 Å². The summed E-state index contributed by atoms with van der Waals surface area (Å²) in [5.74, 6) is -0.712. The number of hydrogen-bond acceptors (Lipinski definition) is 5. The van der Waals surface area contributed by atoms with Crippen molar-refractivity contribution in [2.45, 2.75) is 26.2 Å². The van der Waals surface area contributed by atoms with Crippen LogP contribution in [-0.2, 0) is 17.6 Å². The largest absolute Gasteiger partial charge is 0.462 e. The number of hydrogen-bond donors (Lipinski definition) is 2. The summed E-state index contributed by atoms with van der Waals surface area (Å²) >= 11 is 4.71. The van der Waals surface area contributed by atoms with Gasteiger partial charge in [-0.1, -0.05) is 0 Å². The van der Waals surface area contributed by atoms with Crippen LogP contribution in [0.15, 0.2) is 10.7 Å². The SMILES string of the molecule is CCOC(=O)c1c(NC(=O)c2[nH]ncc2Br)sc2c1CCC2. The summed E-state index contributed by atoms with van der Waals surface area (Å²) in [5, 5.41) is 9.78. The fourth-order valence-electron chi connectivity index (χ4n) is 2.51. The van der Waals surface area contributed by atoms with Crippen LogP contribution in [0.5, 0.6) is 0 Å². The average Bonchev–Trinajstić information content (AvgIpc) is 3.14. The number of carbonyl (C=O) groups is 2. The molecule has 0 aromatic carbocycles. The molecule has 22 heavy (non-hydrogen) atoms. The summed E-state index contributed by atoms with van der Waals surface area (Å²) in [4.78, 5) is 25.7. The number of aromatic amines is 1. The van der Waals surface area contributed by atoms with Gasteiger partial charge in [-0.2, -0.15) is 5.10 Å². The topological polar surface area (TPSA) is 84.1 Å². The summed E-state index contributed by atoms with van der Waals surface area (Å²) in [6.45, 7) is 2.08. The van der Waals surface area contributed by atoms with Crippen molar-refractivity contribution in [3.63, 3.8) is 0 Å². The fourth-order valence-corrected chi connectivity index (χ4v) is 4.15. The molecule has 2 aromatic rings. The van der Waals surface area contributed by atoms with E-state index < -0.39 is 0 Å². The Kier molecular flexibility index (Phi) is 4.30. The minimum absolute atomic E-state index is 0.308. The summed E-state index contributed by atoms with van der Waals surface area (Å²) in [6, 6.07) is 0. The zero-order valence-electron chi connectivity index (χ0n) is 11.9. The van der Waals surface area contributed by atoms with E-state index in [0.29, 0.717) is 27.3 Å².